The molecule has 43 heavy (non-hydrogen) atoms. The number of aromatic nitrogens is 1. The summed E-state index contributed by atoms with van der Waals surface area (Å²) in [5.41, 5.74) is 0.581. The van der Waals surface area contributed by atoms with E-state index in [-0.39, 0.29) is 29.2 Å². The van der Waals surface area contributed by atoms with Crippen LogP contribution in [0.1, 0.15) is 51.0 Å². The lowest BCUT2D eigenvalue weighted by Crippen LogP contribution is -2.44. The molecule has 2 aliphatic rings. The van der Waals surface area contributed by atoms with E-state index in [9.17, 15) is 18.3 Å². The van der Waals surface area contributed by atoms with Crippen molar-refractivity contribution in [3.63, 3.8) is 0 Å². The molecule has 1 saturated carbocycles. The van der Waals surface area contributed by atoms with Crippen LogP contribution in [0.2, 0.25) is 0 Å². The van der Waals surface area contributed by atoms with Crippen LogP contribution in [0.5, 0.6) is 0 Å². The number of fused-ring (bicyclic) bond motifs is 1. The topological polar surface area (TPSA) is 96.8 Å². The summed E-state index contributed by atoms with van der Waals surface area (Å²) in [6, 6.07) is 27.7. The number of pyridine rings is 1. The van der Waals surface area contributed by atoms with Crippen LogP contribution in [0.3, 0.4) is 0 Å². The number of rotatable bonds is 11. The van der Waals surface area contributed by atoms with Gasteiger partial charge in [0.05, 0.1) is 16.8 Å². The monoisotopic (exact) mass is 596 g/mol. The quantitative estimate of drug-likeness (QED) is 0.185. The molecule has 2 heterocycles. The maximum absolute atomic E-state index is 14.4. The van der Waals surface area contributed by atoms with E-state index in [1.807, 2.05) is 43.3 Å². The molecule has 1 aliphatic heterocycles. The lowest BCUT2D eigenvalue weighted by molar-refractivity contribution is -0.161. The molecule has 222 valence electrons. The first kappa shape index (κ1) is 28.9. The van der Waals surface area contributed by atoms with Crippen molar-refractivity contribution in [2.75, 3.05) is 10.8 Å². The van der Waals surface area contributed by atoms with Gasteiger partial charge < -0.3 is 9.84 Å². The van der Waals surface area contributed by atoms with Crippen LogP contribution in [0.4, 0.5) is 5.69 Å². The van der Waals surface area contributed by atoms with Gasteiger partial charge in [-0.05, 0) is 61.9 Å². The molecule has 3 aromatic carbocycles. The minimum Gasteiger partial charge on any atom is -0.512 e. The van der Waals surface area contributed by atoms with Crippen molar-refractivity contribution in [1.82, 2.24) is 4.98 Å². The second-order valence-electron chi connectivity index (χ2n) is 11.8. The van der Waals surface area contributed by atoms with Crippen molar-refractivity contribution in [2.24, 2.45) is 5.41 Å². The molecule has 0 radical (unpaired) electrons. The number of nitrogens with zero attached hydrogens (tertiary/aromatic N) is 2. The number of carbonyl (C=O) groups excluding carboxylic acids is 1. The number of aliphatic hydroxyl groups is 1. The Morgan fingerprint density at radius 2 is 1.60 bits per heavy atom. The van der Waals surface area contributed by atoms with E-state index in [1.165, 1.54) is 4.31 Å². The summed E-state index contributed by atoms with van der Waals surface area (Å²) in [6.07, 6.45) is 5.70. The highest BCUT2D eigenvalue weighted by Crippen LogP contribution is 2.57. The zero-order valence-electron chi connectivity index (χ0n) is 24.3. The molecule has 1 atom stereocenters. The first-order chi connectivity index (χ1) is 20.8. The number of hydrogen-bond acceptors (Lipinski definition) is 6. The number of para-hydroxylation sites is 2. The second kappa shape index (κ2) is 11.5. The van der Waals surface area contributed by atoms with Crippen molar-refractivity contribution in [2.45, 2.75) is 62.4 Å². The fraction of sp³-hybridized carbons (Fsp3) is 0.314. The van der Waals surface area contributed by atoms with Crippen LogP contribution >= 0.6 is 0 Å². The van der Waals surface area contributed by atoms with Gasteiger partial charge in [0.2, 0.25) is 0 Å². The van der Waals surface area contributed by atoms with E-state index in [2.05, 4.69) is 17.1 Å². The van der Waals surface area contributed by atoms with Gasteiger partial charge in [-0.25, -0.2) is 13.2 Å². The summed E-state index contributed by atoms with van der Waals surface area (Å²) in [6.45, 7) is 2.04. The van der Waals surface area contributed by atoms with Gasteiger partial charge in [0.25, 0.3) is 10.0 Å². The van der Waals surface area contributed by atoms with Crippen molar-refractivity contribution >= 4 is 32.6 Å². The van der Waals surface area contributed by atoms with Gasteiger partial charge in [-0.15, -0.1) is 0 Å². The lowest BCUT2D eigenvalue weighted by Gasteiger charge is -2.39. The predicted molar refractivity (Wildman–Crippen MR) is 167 cm³/mol. The molecule has 0 saturated heterocycles. The summed E-state index contributed by atoms with van der Waals surface area (Å²) in [5.74, 6) is -0.521. The fourth-order valence-corrected chi connectivity index (χ4v) is 8.14. The Bertz CT molecular complexity index is 1760. The molecule has 8 heteroatoms. The zero-order chi connectivity index (χ0) is 30.1. The molecule has 7 nitrogen and oxygen atoms in total. The number of hydrogen-bond donors (Lipinski definition) is 1. The SMILES string of the molecule is CCCC1(CCc2ccccc2)CC(O)=C(C2(CN(c3ccccc3)S(=O)(=O)c3cccc4cccnc34)CC2)C(=O)O1. The maximum Gasteiger partial charge on any atom is 0.338 e. The Balaban J connectivity index is 1.35. The number of anilines is 1. The highest BCUT2D eigenvalue weighted by Gasteiger charge is 2.56. The third-order valence-corrected chi connectivity index (χ3v) is 10.6. The van der Waals surface area contributed by atoms with Gasteiger partial charge in [-0.1, -0.05) is 80.1 Å². The van der Waals surface area contributed by atoms with Gasteiger partial charge in [-0.3, -0.25) is 9.29 Å². The number of sulfonamides is 1. The maximum atomic E-state index is 14.4. The van der Waals surface area contributed by atoms with Crippen molar-refractivity contribution in [1.29, 1.82) is 0 Å². The van der Waals surface area contributed by atoms with Crippen LogP contribution < -0.4 is 4.31 Å². The van der Waals surface area contributed by atoms with Gasteiger partial charge in [0.15, 0.2) is 0 Å². The number of carbonyl (C=O) groups is 1. The first-order valence-corrected chi connectivity index (χ1v) is 16.3. The Kier molecular flexibility index (Phi) is 7.73. The molecule has 6 rings (SSSR count). The van der Waals surface area contributed by atoms with E-state index in [4.69, 9.17) is 4.74 Å². The summed E-state index contributed by atoms with van der Waals surface area (Å²) in [4.78, 5) is 18.3. The number of aliphatic hydroxyl groups excluding tert-OH is 1. The average molecular weight is 597 g/mol. The average Bonchev–Trinajstić information content (AvgIpc) is 3.79. The smallest absolute Gasteiger partial charge is 0.338 e. The van der Waals surface area contributed by atoms with Crippen molar-refractivity contribution in [3.8, 4) is 0 Å². The number of aryl methyl sites for hydroxylation is 1. The number of cyclic esters (lactones) is 1. The Morgan fingerprint density at radius 1 is 0.907 bits per heavy atom. The summed E-state index contributed by atoms with van der Waals surface area (Å²) < 4.78 is 36.4. The Morgan fingerprint density at radius 3 is 2.28 bits per heavy atom. The zero-order valence-corrected chi connectivity index (χ0v) is 25.1. The van der Waals surface area contributed by atoms with Gasteiger partial charge in [-0.2, -0.15) is 0 Å². The van der Waals surface area contributed by atoms with Gasteiger partial charge >= 0.3 is 5.97 Å². The Hall–Kier alpha value is -4.17. The second-order valence-corrected chi connectivity index (χ2v) is 13.6. The molecule has 1 aliphatic carbocycles. The van der Waals surface area contributed by atoms with E-state index in [0.29, 0.717) is 36.9 Å². The third kappa shape index (κ3) is 5.64. The normalized spacial score (nSPS) is 19.7. The predicted octanol–water partition coefficient (Wildman–Crippen LogP) is 7.14. The fourth-order valence-electron chi connectivity index (χ4n) is 6.42. The van der Waals surface area contributed by atoms with Gasteiger partial charge in [0.1, 0.15) is 16.3 Å². The largest absolute Gasteiger partial charge is 0.512 e. The molecule has 0 spiro atoms. The summed E-state index contributed by atoms with van der Waals surface area (Å²) in [7, 11) is -4.10. The molecule has 0 bridgehead atoms. The number of benzene rings is 3. The minimum atomic E-state index is -4.10. The molecule has 1 aromatic heterocycles. The van der Waals surface area contributed by atoms with Crippen LogP contribution in [0.25, 0.3) is 10.9 Å². The van der Waals surface area contributed by atoms with E-state index in [0.717, 1.165) is 23.8 Å². The van der Waals surface area contributed by atoms with Gasteiger partial charge in [0, 0.05) is 30.0 Å². The molecule has 4 aromatic rings. The molecule has 1 N–H and O–H groups in total. The summed E-state index contributed by atoms with van der Waals surface area (Å²) in [5, 5.41) is 12.2. The third-order valence-electron chi connectivity index (χ3n) is 8.75. The Labute approximate surface area is 252 Å². The van der Waals surface area contributed by atoms with E-state index >= 15 is 0 Å². The molecular formula is C35H36N2O5S. The highest BCUT2D eigenvalue weighted by atomic mass is 32.2. The van der Waals surface area contributed by atoms with Crippen molar-refractivity contribution in [3.05, 3.63) is 114 Å². The number of ether oxygens (including phenoxy) is 1. The highest BCUT2D eigenvalue weighted by molar-refractivity contribution is 7.93. The van der Waals surface area contributed by atoms with Crippen molar-refractivity contribution < 1.29 is 23.1 Å². The van der Waals surface area contributed by atoms with Crippen LogP contribution in [0.15, 0.2) is 113 Å². The number of esters is 1. The lowest BCUT2D eigenvalue weighted by atomic mass is 9.81. The first-order valence-electron chi connectivity index (χ1n) is 14.9. The standard InChI is InChI=1S/C35H36N2O5S/c1-2-19-35(20-18-26-11-5-3-6-12-26)24-29(38)31(33(39)42-35)34(21-22-34)25-37(28-15-7-4-8-16-28)43(40,41)30-17-9-13-27-14-10-23-36-32(27)30/h3-17,23,38H,2,18-22,24-25H2,1H3. The molecular weight excluding hydrogens is 560 g/mol. The summed E-state index contributed by atoms with van der Waals surface area (Å²) >= 11 is 0. The molecule has 1 unspecified atom stereocenters. The molecule has 0 amide bonds. The van der Waals surface area contributed by atoms with Crippen LogP contribution in [-0.2, 0) is 26.0 Å². The van der Waals surface area contributed by atoms with Crippen LogP contribution in [0, 0.1) is 5.41 Å². The van der Waals surface area contributed by atoms with Crippen LogP contribution in [-0.4, -0.2) is 36.6 Å². The molecule has 1 fully saturated rings. The minimum absolute atomic E-state index is 0.00184. The van der Waals surface area contributed by atoms with E-state index in [1.54, 1.807) is 48.7 Å². The van der Waals surface area contributed by atoms with E-state index < -0.39 is 27.0 Å².